The Balaban J connectivity index is 2.07. The van der Waals surface area contributed by atoms with Gasteiger partial charge >= 0.3 is 5.97 Å². The molecule has 1 heterocycles. The van der Waals surface area contributed by atoms with Crippen molar-refractivity contribution in [3.8, 4) is 0 Å². The molecule has 1 aliphatic rings. The van der Waals surface area contributed by atoms with Crippen molar-refractivity contribution in [2.75, 3.05) is 13.1 Å². The maximum Gasteiger partial charge on any atom is 0.328 e. The third-order valence-corrected chi connectivity index (χ3v) is 7.77. The molecule has 4 N–H and O–H groups in total. The fourth-order valence-corrected chi connectivity index (χ4v) is 5.11. The number of carboxylic acid groups (broad SMARTS) is 1. The molecule has 10 nitrogen and oxygen atoms in total. The lowest BCUT2D eigenvalue weighted by atomic mass is 9.93. The number of aliphatic hydroxyl groups excluding tert-OH is 1. The first-order valence-electron chi connectivity index (χ1n) is 11.5. The Hall–Kier alpha value is -2.50. The van der Waals surface area contributed by atoms with Crippen LogP contribution in [-0.2, 0) is 24.4 Å². The van der Waals surface area contributed by atoms with Gasteiger partial charge in [0.05, 0.1) is 11.0 Å². The fourth-order valence-electron chi connectivity index (χ4n) is 3.82. The van der Waals surface area contributed by atoms with Crippen LogP contribution in [0.5, 0.6) is 0 Å². The predicted molar refractivity (Wildman–Crippen MR) is 125 cm³/mol. The van der Waals surface area contributed by atoms with Crippen LogP contribution < -0.4 is 10.0 Å². The van der Waals surface area contributed by atoms with E-state index in [1.807, 2.05) is 20.8 Å². The number of carboxylic acids is 1. The number of piperidine rings is 1. The first-order valence-corrected chi connectivity index (χ1v) is 12.9. The minimum atomic E-state index is -3.91. The summed E-state index contributed by atoms with van der Waals surface area (Å²) >= 11 is 0. The van der Waals surface area contributed by atoms with Gasteiger partial charge in [-0.25, -0.2) is 13.2 Å². The van der Waals surface area contributed by atoms with Crippen molar-refractivity contribution >= 4 is 27.8 Å². The van der Waals surface area contributed by atoms with E-state index in [9.17, 15) is 27.9 Å². The van der Waals surface area contributed by atoms with Gasteiger partial charge in [-0.3, -0.25) is 9.59 Å². The SMILES string of the molecule is CC[C@@H](C)[C@H](NS(=O)(=O)c1ccc(C)cc1)C(=O)N1CCC(C(=O)N[C@H](C(=O)O)[C@H](C)O)CC1. The maximum absolute atomic E-state index is 13.3. The highest BCUT2D eigenvalue weighted by molar-refractivity contribution is 7.89. The van der Waals surface area contributed by atoms with E-state index in [0.29, 0.717) is 19.3 Å². The molecule has 0 saturated carbocycles. The Bertz CT molecular complexity index is 971. The van der Waals surface area contributed by atoms with E-state index in [-0.39, 0.29) is 29.8 Å². The molecule has 2 rings (SSSR count). The summed E-state index contributed by atoms with van der Waals surface area (Å²) in [5.41, 5.74) is 0.920. The number of amides is 2. The number of aryl methyl sites for hydroxylation is 1. The molecule has 1 fully saturated rings. The van der Waals surface area contributed by atoms with Crippen LogP contribution in [0.15, 0.2) is 29.2 Å². The third-order valence-electron chi connectivity index (χ3n) is 6.32. The molecular formula is C23H35N3O7S. The van der Waals surface area contributed by atoms with Crippen molar-refractivity contribution in [1.29, 1.82) is 0 Å². The number of rotatable bonds is 10. The zero-order valence-corrected chi connectivity index (χ0v) is 20.8. The number of benzene rings is 1. The summed E-state index contributed by atoms with van der Waals surface area (Å²) < 4.78 is 28.4. The summed E-state index contributed by atoms with van der Waals surface area (Å²) in [6.45, 7) is 7.30. The highest BCUT2D eigenvalue weighted by Crippen LogP contribution is 2.22. The number of nitrogens with one attached hydrogen (secondary N) is 2. The highest BCUT2D eigenvalue weighted by Gasteiger charge is 2.36. The molecule has 1 aromatic rings. The van der Waals surface area contributed by atoms with Gasteiger partial charge < -0.3 is 20.4 Å². The van der Waals surface area contributed by atoms with Crippen LogP contribution in [0.1, 0.15) is 45.6 Å². The molecule has 34 heavy (non-hydrogen) atoms. The van der Waals surface area contributed by atoms with Crippen molar-refractivity contribution in [3.63, 3.8) is 0 Å². The minimum absolute atomic E-state index is 0.0840. The van der Waals surface area contributed by atoms with E-state index in [0.717, 1.165) is 5.56 Å². The second kappa shape index (κ2) is 11.8. The van der Waals surface area contributed by atoms with Gasteiger partial charge in [0.25, 0.3) is 0 Å². The van der Waals surface area contributed by atoms with Crippen LogP contribution in [0.4, 0.5) is 0 Å². The molecule has 0 radical (unpaired) electrons. The van der Waals surface area contributed by atoms with Crippen LogP contribution in [0, 0.1) is 18.8 Å². The molecule has 190 valence electrons. The Morgan fingerprint density at radius 1 is 1.09 bits per heavy atom. The first-order chi connectivity index (χ1) is 15.9. The number of nitrogens with zero attached hydrogens (tertiary/aromatic N) is 1. The van der Waals surface area contributed by atoms with Gasteiger partial charge in [-0.1, -0.05) is 38.0 Å². The Morgan fingerprint density at radius 3 is 2.12 bits per heavy atom. The molecule has 4 atom stereocenters. The van der Waals surface area contributed by atoms with Crippen LogP contribution >= 0.6 is 0 Å². The molecule has 1 aromatic carbocycles. The first kappa shape index (κ1) is 27.7. The van der Waals surface area contributed by atoms with E-state index in [2.05, 4.69) is 10.0 Å². The van der Waals surface area contributed by atoms with E-state index in [1.165, 1.54) is 19.1 Å². The van der Waals surface area contributed by atoms with Gasteiger partial charge in [0, 0.05) is 19.0 Å². The van der Waals surface area contributed by atoms with Crippen molar-refractivity contribution < 1.29 is 33.0 Å². The van der Waals surface area contributed by atoms with E-state index >= 15 is 0 Å². The van der Waals surface area contributed by atoms with Crippen molar-refractivity contribution in [2.24, 2.45) is 11.8 Å². The molecule has 0 aliphatic carbocycles. The van der Waals surface area contributed by atoms with Crippen LogP contribution in [0.3, 0.4) is 0 Å². The minimum Gasteiger partial charge on any atom is -0.480 e. The average Bonchev–Trinajstić information content (AvgIpc) is 2.79. The normalized spacial score (nSPS) is 18.6. The van der Waals surface area contributed by atoms with E-state index < -0.39 is 46.0 Å². The van der Waals surface area contributed by atoms with Gasteiger partial charge in [-0.15, -0.1) is 0 Å². The zero-order chi connectivity index (χ0) is 25.6. The van der Waals surface area contributed by atoms with Gasteiger partial charge in [0.2, 0.25) is 21.8 Å². The number of aliphatic hydroxyl groups is 1. The number of aliphatic carboxylic acids is 1. The Labute approximate surface area is 200 Å². The lowest BCUT2D eigenvalue weighted by Gasteiger charge is -2.35. The number of carbonyl (C=O) groups excluding carboxylic acids is 2. The number of carbonyl (C=O) groups is 3. The molecule has 11 heteroatoms. The monoisotopic (exact) mass is 497 g/mol. The fraction of sp³-hybridized carbons (Fsp3) is 0.609. The Morgan fingerprint density at radius 2 is 1.65 bits per heavy atom. The van der Waals surface area contributed by atoms with Crippen LogP contribution in [0.25, 0.3) is 0 Å². The second-order valence-corrected chi connectivity index (χ2v) is 10.7. The standard InChI is InChI=1S/C23H35N3O7S/c1-5-15(3)19(25-34(32,33)18-8-6-14(2)7-9-18)22(29)26-12-10-17(11-13-26)21(28)24-20(16(4)27)23(30)31/h6-9,15-17,19-20,25,27H,5,10-13H2,1-4H3,(H,24,28)(H,30,31)/t15-,16+,19+,20+/m1/s1. The van der Waals surface area contributed by atoms with Gasteiger partial charge in [-0.2, -0.15) is 4.72 Å². The summed E-state index contributed by atoms with van der Waals surface area (Å²) in [7, 11) is -3.91. The lowest BCUT2D eigenvalue weighted by Crippen LogP contribution is -2.55. The molecule has 1 saturated heterocycles. The van der Waals surface area contributed by atoms with Crippen LogP contribution in [0.2, 0.25) is 0 Å². The third kappa shape index (κ3) is 7.00. The maximum atomic E-state index is 13.3. The van der Waals surface area contributed by atoms with Gasteiger partial charge in [-0.05, 0) is 44.7 Å². The number of sulfonamides is 1. The number of hydrogen-bond donors (Lipinski definition) is 4. The molecule has 1 aliphatic heterocycles. The zero-order valence-electron chi connectivity index (χ0n) is 20.0. The number of likely N-dealkylation sites (tertiary alicyclic amines) is 1. The second-order valence-electron chi connectivity index (χ2n) is 8.96. The van der Waals surface area contributed by atoms with E-state index in [1.54, 1.807) is 17.0 Å². The predicted octanol–water partition coefficient (Wildman–Crippen LogP) is 0.877. The Kier molecular flexibility index (Phi) is 9.60. The summed E-state index contributed by atoms with van der Waals surface area (Å²) in [5.74, 6) is -2.92. The molecule has 0 aromatic heterocycles. The summed E-state index contributed by atoms with van der Waals surface area (Å²) in [5, 5.41) is 21.1. The van der Waals surface area contributed by atoms with Crippen molar-refractivity contribution in [2.45, 2.75) is 70.0 Å². The highest BCUT2D eigenvalue weighted by atomic mass is 32.2. The quantitative estimate of drug-likeness (QED) is 0.374. The largest absolute Gasteiger partial charge is 0.480 e. The number of hydrogen-bond acceptors (Lipinski definition) is 6. The average molecular weight is 498 g/mol. The lowest BCUT2D eigenvalue weighted by molar-refractivity contribution is -0.146. The summed E-state index contributed by atoms with van der Waals surface area (Å²) in [6.07, 6.45) is -0.0498. The smallest absolute Gasteiger partial charge is 0.328 e. The van der Waals surface area contributed by atoms with Gasteiger partial charge in [0.1, 0.15) is 6.04 Å². The molecule has 0 spiro atoms. The van der Waals surface area contributed by atoms with Crippen LogP contribution in [-0.4, -0.2) is 72.6 Å². The molecule has 2 amide bonds. The summed E-state index contributed by atoms with van der Waals surface area (Å²) in [4.78, 5) is 38.6. The molecular weight excluding hydrogens is 462 g/mol. The van der Waals surface area contributed by atoms with Gasteiger partial charge in [0.15, 0.2) is 6.04 Å². The van der Waals surface area contributed by atoms with E-state index in [4.69, 9.17) is 5.11 Å². The topological polar surface area (TPSA) is 153 Å². The molecule has 0 bridgehead atoms. The summed E-state index contributed by atoms with van der Waals surface area (Å²) in [6, 6.07) is 4.02. The van der Waals surface area contributed by atoms with Crippen molar-refractivity contribution in [3.05, 3.63) is 29.8 Å². The van der Waals surface area contributed by atoms with Crippen molar-refractivity contribution in [1.82, 2.24) is 14.9 Å². The molecule has 0 unspecified atom stereocenters.